The number of carbonyl (C=O) groups excluding carboxylic acids is 1. The van der Waals surface area contributed by atoms with Crippen LogP contribution in [-0.2, 0) is 17.5 Å². The summed E-state index contributed by atoms with van der Waals surface area (Å²) in [5.41, 5.74) is 1.62. The van der Waals surface area contributed by atoms with Crippen LogP contribution in [0.4, 0.5) is 17.6 Å². The summed E-state index contributed by atoms with van der Waals surface area (Å²) in [6, 6.07) is 16.1. The summed E-state index contributed by atoms with van der Waals surface area (Å²) >= 11 is 0. The third kappa shape index (κ3) is 5.17. The van der Waals surface area contributed by atoms with Crippen LogP contribution in [0.2, 0.25) is 0 Å². The minimum Gasteiger partial charge on any atom is -0.497 e. The van der Waals surface area contributed by atoms with Gasteiger partial charge in [-0.3, -0.25) is 9.78 Å². The molecular formula is C28H24F4N2O2. The van der Waals surface area contributed by atoms with Crippen LogP contribution >= 0.6 is 0 Å². The van der Waals surface area contributed by atoms with E-state index < -0.39 is 29.4 Å². The molecule has 1 amide bonds. The first-order valence-corrected chi connectivity index (χ1v) is 11.4. The van der Waals surface area contributed by atoms with Gasteiger partial charge in [0.15, 0.2) is 0 Å². The maximum absolute atomic E-state index is 14.1. The summed E-state index contributed by atoms with van der Waals surface area (Å²) in [6.07, 6.45) is -1.07. The van der Waals surface area contributed by atoms with Gasteiger partial charge < -0.3 is 10.1 Å². The minimum atomic E-state index is -4.79. The lowest BCUT2D eigenvalue weighted by molar-refractivity contribution is -0.140. The highest BCUT2D eigenvalue weighted by Gasteiger charge is 2.34. The van der Waals surface area contributed by atoms with Crippen molar-refractivity contribution in [2.24, 2.45) is 0 Å². The molecule has 4 rings (SSSR count). The molecule has 0 radical (unpaired) electrons. The van der Waals surface area contributed by atoms with Crippen molar-refractivity contribution in [2.75, 3.05) is 7.11 Å². The fourth-order valence-electron chi connectivity index (χ4n) is 4.30. The Bertz CT molecular complexity index is 1400. The quantitative estimate of drug-likeness (QED) is 0.284. The van der Waals surface area contributed by atoms with E-state index in [1.165, 1.54) is 0 Å². The molecule has 0 unspecified atom stereocenters. The predicted molar refractivity (Wildman–Crippen MR) is 130 cm³/mol. The van der Waals surface area contributed by atoms with Crippen LogP contribution in [0.15, 0.2) is 73.1 Å². The number of aromatic nitrogens is 1. The van der Waals surface area contributed by atoms with Gasteiger partial charge in [0.25, 0.3) is 0 Å². The summed E-state index contributed by atoms with van der Waals surface area (Å²) in [4.78, 5) is 17.2. The van der Waals surface area contributed by atoms with Crippen molar-refractivity contribution in [3.8, 4) is 16.9 Å². The Labute approximate surface area is 205 Å². The smallest absolute Gasteiger partial charge is 0.419 e. The van der Waals surface area contributed by atoms with E-state index in [9.17, 15) is 22.4 Å². The topological polar surface area (TPSA) is 51.2 Å². The number of carbonyl (C=O) groups is 1. The highest BCUT2D eigenvalue weighted by Crippen LogP contribution is 2.34. The fraction of sp³-hybridized carbons (Fsp3) is 0.214. The van der Waals surface area contributed by atoms with Crippen LogP contribution in [0, 0.1) is 5.82 Å². The molecule has 1 heterocycles. The lowest BCUT2D eigenvalue weighted by Gasteiger charge is -2.18. The van der Waals surface area contributed by atoms with E-state index in [1.54, 1.807) is 26.4 Å². The SMILES string of the molecule is CC[C@H](C(=O)NCc1ccc(-c2cccc(OC)c2)c2ccncc12)c1ccc(C(F)(F)F)c(F)c1. The monoisotopic (exact) mass is 496 g/mol. The van der Waals surface area contributed by atoms with Crippen molar-refractivity contribution in [3.63, 3.8) is 0 Å². The zero-order valence-corrected chi connectivity index (χ0v) is 19.7. The minimum absolute atomic E-state index is 0.180. The lowest BCUT2D eigenvalue weighted by atomic mass is 9.93. The van der Waals surface area contributed by atoms with Gasteiger partial charge in [-0.05, 0) is 64.4 Å². The van der Waals surface area contributed by atoms with Crippen LogP contribution in [-0.4, -0.2) is 18.0 Å². The Kier molecular flexibility index (Phi) is 7.24. The van der Waals surface area contributed by atoms with E-state index in [4.69, 9.17) is 4.74 Å². The zero-order chi connectivity index (χ0) is 25.9. The number of ether oxygens (including phenoxy) is 1. The van der Waals surface area contributed by atoms with Gasteiger partial charge >= 0.3 is 6.18 Å². The molecule has 0 spiro atoms. The number of rotatable bonds is 7. The van der Waals surface area contributed by atoms with Gasteiger partial charge in [-0.15, -0.1) is 0 Å². The van der Waals surface area contributed by atoms with Crippen LogP contribution in [0.25, 0.3) is 21.9 Å². The van der Waals surface area contributed by atoms with Crippen LogP contribution in [0.3, 0.4) is 0 Å². The van der Waals surface area contributed by atoms with Crippen molar-refractivity contribution >= 4 is 16.7 Å². The van der Waals surface area contributed by atoms with Gasteiger partial charge in [0, 0.05) is 24.3 Å². The molecule has 0 aliphatic carbocycles. The largest absolute Gasteiger partial charge is 0.497 e. The predicted octanol–water partition coefficient (Wildman–Crippen LogP) is 6.88. The van der Waals surface area contributed by atoms with E-state index in [-0.39, 0.29) is 12.1 Å². The second-order valence-electron chi connectivity index (χ2n) is 8.34. The van der Waals surface area contributed by atoms with Gasteiger partial charge in [-0.2, -0.15) is 13.2 Å². The van der Waals surface area contributed by atoms with Gasteiger partial charge in [0.05, 0.1) is 18.6 Å². The molecule has 0 bridgehead atoms. The maximum Gasteiger partial charge on any atom is 0.419 e. The molecule has 0 aliphatic heterocycles. The molecule has 0 saturated heterocycles. The number of methoxy groups -OCH3 is 1. The third-order valence-electron chi connectivity index (χ3n) is 6.17. The Morgan fingerprint density at radius 2 is 1.86 bits per heavy atom. The number of alkyl halides is 3. The second-order valence-corrected chi connectivity index (χ2v) is 8.34. The molecule has 0 aliphatic rings. The van der Waals surface area contributed by atoms with Gasteiger partial charge in [-0.1, -0.05) is 37.3 Å². The van der Waals surface area contributed by atoms with Crippen LogP contribution in [0.5, 0.6) is 5.75 Å². The van der Waals surface area contributed by atoms with E-state index >= 15 is 0 Å². The van der Waals surface area contributed by atoms with Gasteiger partial charge in [-0.25, -0.2) is 4.39 Å². The van der Waals surface area contributed by atoms with Crippen LogP contribution in [0.1, 0.15) is 36.0 Å². The summed E-state index contributed by atoms with van der Waals surface area (Å²) in [5.74, 6) is -1.85. The molecule has 1 atom stereocenters. The summed E-state index contributed by atoms with van der Waals surface area (Å²) in [5, 5.41) is 4.65. The highest BCUT2D eigenvalue weighted by atomic mass is 19.4. The number of benzene rings is 3. The Morgan fingerprint density at radius 1 is 1.06 bits per heavy atom. The number of nitrogens with one attached hydrogen (secondary N) is 1. The number of hydrogen-bond donors (Lipinski definition) is 1. The maximum atomic E-state index is 14.1. The zero-order valence-electron chi connectivity index (χ0n) is 19.7. The first kappa shape index (κ1) is 25.2. The average molecular weight is 497 g/mol. The average Bonchev–Trinajstić information content (AvgIpc) is 2.87. The van der Waals surface area contributed by atoms with Crippen molar-refractivity contribution < 1.29 is 27.1 Å². The molecule has 0 fully saturated rings. The third-order valence-corrected chi connectivity index (χ3v) is 6.17. The molecular weight excluding hydrogens is 472 g/mol. The molecule has 186 valence electrons. The molecule has 0 saturated carbocycles. The Morgan fingerprint density at radius 3 is 2.56 bits per heavy atom. The number of fused-ring (bicyclic) bond motifs is 1. The normalized spacial score (nSPS) is 12.4. The highest BCUT2D eigenvalue weighted by molar-refractivity contribution is 5.98. The fourth-order valence-corrected chi connectivity index (χ4v) is 4.30. The van der Waals surface area contributed by atoms with E-state index in [2.05, 4.69) is 10.3 Å². The first-order valence-electron chi connectivity index (χ1n) is 11.4. The lowest BCUT2D eigenvalue weighted by Crippen LogP contribution is -2.29. The molecule has 3 aromatic carbocycles. The summed E-state index contributed by atoms with van der Waals surface area (Å²) in [7, 11) is 1.61. The first-order chi connectivity index (χ1) is 17.2. The Hall–Kier alpha value is -3.94. The van der Waals surface area contributed by atoms with Crippen molar-refractivity contribution in [2.45, 2.75) is 32.0 Å². The molecule has 8 heteroatoms. The van der Waals surface area contributed by atoms with Crippen molar-refractivity contribution in [1.29, 1.82) is 0 Å². The number of pyridine rings is 1. The van der Waals surface area contributed by atoms with E-state index in [0.717, 1.165) is 45.3 Å². The van der Waals surface area contributed by atoms with Gasteiger partial charge in [0.2, 0.25) is 5.91 Å². The standard InChI is InChI=1S/C28H24F4N2O2/c1-3-21(18-8-10-25(26(29)14-18)28(30,31)32)27(35)34-15-19-7-9-22(23-11-12-33-16-24(19)23)17-5-4-6-20(13-17)36-2/h4-14,16,21H,3,15H2,1-2H3,(H,34,35)/t21-/m0/s1. The number of hydrogen-bond acceptors (Lipinski definition) is 3. The number of amides is 1. The molecule has 4 aromatic rings. The summed E-state index contributed by atoms with van der Waals surface area (Å²) in [6.45, 7) is 1.90. The molecule has 4 nitrogen and oxygen atoms in total. The van der Waals surface area contributed by atoms with Crippen molar-refractivity contribution in [1.82, 2.24) is 10.3 Å². The van der Waals surface area contributed by atoms with Crippen molar-refractivity contribution in [3.05, 3.63) is 95.6 Å². The molecule has 1 N–H and O–H groups in total. The van der Waals surface area contributed by atoms with Crippen LogP contribution < -0.4 is 10.1 Å². The molecule has 1 aromatic heterocycles. The van der Waals surface area contributed by atoms with E-state index in [0.29, 0.717) is 12.5 Å². The number of halogens is 4. The number of nitrogens with zero attached hydrogens (tertiary/aromatic N) is 1. The van der Waals surface area contributed by atoms with Gasteiger partial charge in [0.1, 0.15) is 11.6 Å². The summed E-state index contributed by atoms with van der Waals surface area (Å²) < 4.78 is 58.1. The van der Waals surface area contributed by atoms with E-state index in [1.807, 2.05) is 42.5 Å². The second kappa shape index (κ2) is 10.4. The molecule has 36 heavy (non-hydrogen) atoms. The Balaban J connectivity index is 1.58.